The largest absolute Gasteiger partial charge is 0.462 e. The van der Waals surface area contributed by atoms with Crippen LogP contribution in [0.1, 0.15) is 213 Å². The Morgan fingerprint density at radius 1 is 0.296 bits per heavy atom. The summed E-state index contributed by atoms with van der Waals surface area (Å²) in [6.07, 6.45) is 84.0. The fraction of sp³-hybridized carbons (Fsp3) is 0.554. The van der Waals surface area contributed by atoms with Crippen molar-refractivity contribution in [2.75, 3.05) is 13.2 Å². The molecule has 0 radical (unpaired) electrons. The van der Waals surface area contributed by atoms with E-state index >= 15 is 0 Å². The van der Waals surface area contributed by atoms with E-state index in [1.807, 2.05) is 0 Å². The summed E-state index contributed by atoms with van der Waals surface area (Å²) >= 11 is 0. The van der Waals surface area contributed by atoms with Crippen LogP contribution in [0.5, 0.6) is 0 Å². The van der Waals surface area contributed by atoms with Gasteiger partial charge in [-0.2, -0.15) is 0 Å². The zero-order chi connectivity index (χ0) is 51.4. The summed E-state index contributed by atoms with van der Waals surface area (Å²) in [6.45, 7) is 6.28. The first-order chi connectivity index (χ1) is 35.0. The summed E-state index contributed by atoms with van der Waals surface area (Å²) in [5.41, 5.74) is 0. The van der Waals surface area contributed by atoms with Crippen LogP contribution in [0.3, 0.4) is 0 Å². The predicted octanol–water partition coefficient (Wildman–Crippen LogP) is 19.0. The van der Waals surface area contributed by atoms with Gasteiger partial charge in [0.1, 0.15) is 13.2 Å². The van der Waals surface area contributed by atoms with E-state index in [1.54, 1.807) is 0 Å². The van der Waals surface area contributed by atoms with Crippen molar-refractivity contribution in [2.45, 2.75) is 219 Å². The molecule has 1 atom stereocenters. The molecule has 0 N–H and O–H groups in total. The minimum absolute atomic E-state index is 0.112. The van der Waals surface area contributed by atoms with Crippen LogP contribution in [-0.2, 0) is 28.6 Å². The van der Waals surface area contributed by atoms with E-state index in [0.717, 1.165) is 135 Å². The lowest BCUT2D eigenvalue weighted by molar-refractivity contribution is -0.167. The molecule has 0 aromatic heterocycles. The number of unbranched alkanes of at least 4 members (excludes halogenated alkanes) is 11. The number of carbonyl (C=O) groups is 3. The second-order valence-corrected chi connectivity index (χ2v) is 17.7. The van der Waals surface area contributed by atoms with E-state index in [-0.39, 0.29) is 44.0 Å². The van der Waals surface area contributed by atoms with E-state index in [4.69, 9.17) is 14.2 Å². The SMILES string of the molecule is CC/C=C\C/C=C\C/C=C\C/C=C\C/C=C\C/C=C\C/C=C\C/C=C\CCCCC(=O)OCC(COC(=O)CCCCCCCCC)OC(=O)CCCCC/C=C\C/C=C\C/C=C\C/C=C\C/C=C\CC. The molecule has 0 aliphatic rings. The highest BCUT2D eigenvalue weighted by atomic mass is 16.6. The average molecular weight is 978 g/mol. The van der Waals surface area contributed by atoms with Gasteiger partial charge in [0, 0.05) is 19.3 Å². The van der Waals surface area contributed by atoms with Gasteiger partial charge < -0.3 is 14.2 Å². The zero-order valence-corrected chi connectivity index (χ0v) is 45.2. The quantitative estimate of drug-likeness (QED) is 0.0262. The summed E-state index contributed by atoms with van der Waals surface area (Å²) in [6, 6.07) is 0. The van der Waals surface area contributed by atoms with Crippen molar-refractivity contribution in [3.63, 3.8) is 0 Å². The maximum atomic E-state index is 12.8. The molecule has 396 valence electrons. The Morgan fingerprint density at radius 2 is 0.549 bits per heavy atom. The molecule has 0 spiro atoms. The van der Waals surface area contributed by atoms with Crippen molar-refractivity contribution in [1.29, 1.82) is 0 Å². The third-order valence-electron chi connectivity index (χ3n) is 11.0. The van der Waals surface area contributed by atoms with E-state index in [2.05, 4.69) is 179 Å². The summed E-state index contributed by atoms with van der Waals surface area (Å²) in [5.74, 6) is -1.01. The maximum Gasteiger partial charge on any atom is 0.306 e. The van der Waals surface area contributed by atoms with E-state index < -0.39 is 6.10 Å². The van der Waals surface area contributed by atoms with Gasteiger partial charge in [-0.25, -0.2) is 0 Å². The summed E-state index contributed by atoms with van der Waals surface area (Å²) < 4.78 is 16.7. The van der Waals surface area contributed by atoms with E-state index in [0.29, 0.717) is 19.3 Å². The van der Waals surface area contributed by atoms with Crippen LogP contribution in [0, 0.1) is 0 Å². The number of carbonyl (C=O) groups excluding carboxylic acids is 3. The Hall–Kier alpha value is -4.97. The second kappa shape index (κ2) is 57.6. The van der Waals surface area contributed by atoms with Gasteiger partial charge in [0.05, 0.1) is 0 Å². The van der Waals surface area contributed by atoms with Crippen LogP contribution in [-0.4, -0.2) is 37.2 Å². The Kier molecular flexibility index (Phi) is 53.6. The van der Waals surface area contributed by atoms with Gasteiger partial charge in [-0.1, -0.05) is 224 Å². The van der Waals surface area contributed by atoms with Gasteiger partial charge in [0.25, 0.3) is 0 Å². The molecule has 6 heteroatoms. The molecule has 6 nitrogen and oxygen atoms in total. The third-order valence-corrected chi connectivity index (χ3v) is 11.0. The summed E-state index contributed by atoms with van der Waals surface area (Å²) in [5, 5.41) is 0. The third kappa shape index (κ3) is 55.8. The van der Waals surface area contributed by atoms with Gasteiger partial charge in [-0.05, 0) is 128 Å². The topological polar surface area (TPSA) is 78.9 Å². The molecule has 0 aromatic carbocycles. The standard InChI is InChI=1S/C65H100O6/c1-4-7-10-13-16-18-20-22-24-26-28-29-30-31-32-33-34-35-37-38-40-42-44-46-49-52-55-58-64(67)70-61-62(60-69-63(66)57-54-51-48-15-12-9-6-3)71-65(68)59-56-53-50-47-45-43-41-39-36-27-25-23-21-19-17-14-11-8-5-2/h7-8,10-11,16-19,22-25,28-29,31-32,34-36,38-40,43-46,62H,4-6,9,12-15,20-21,26-27,30,33,37,41-42,47-61H2,1-3H3/b10-7-,11-8-,18-16-,19-17-,24-22-,25-23-,29-28-,32-31-,35-34-,39-36-,40-38-,45-43-,46-44-. The second-order valence-electron chi connectivity index (χ2n) is 17.7. The summed E-state index contributed by atoms with van der Waals surface area (Å²) in [4.78, 5) is 37.9. The molecular weight excluding hydrogens is 877 g/mol. The van der Waals surface area contributed by atoms with Crippen molar-refractivity contribution >= 4 is 17.9 Å². The van der Waals surface area contributed by atoms with Crippen molar-refractivity contribution in [3.8, 4) is 0 Å². The summed E-state index contributed by atoms with van der Waals surface area (Å²) in [7, 11) is 0. The van der Waals surface area contributed by atoms with Crippen molar-refractivity contribution in [1.82, 2.24) is 0 Å². The monoisotopic (exact) mass is 977 g/mol. The molecule has 0 fully saturated rings. The average Bonchev–Trinajstić information content (AvgIpc) is 3.37. The molecule has 1 unspecified atom stereocenters. The molecule has 0 saturated heterocycles. The first-order valence-electron chi connectivity index (χ1n) is 28.0. The first-order valence-corrected chi connectivity index (χ1v) is 28.0. The van der Waals surface area contributed by atoms with Crippen LogP contribution >= 0.6 is 0 Å². The smallest absolute Gasteiger partial charge is 0.306 e. The minimum Gasteiger partial charge on any atom is -0.462 e. The highest BCUT2D eigenvalue weighted by Gasteiger charge is 2.19. The van der Waals surface area contributed by atoms with Crippen molar-refractivity contribution < 1.29 is 28.6 Å². The van der Waals surface area contributed by atoms with Crippen LogP contribution in [0.25, 0.3) is 0 Å². The lowest BCUT2D eigenvalue weighted by Gasteiger charge is -2.18. The highest BCUT2D eigenvalue weighted by Crippen LogP contribution is 2.12. The van der Waals surface area contributed by atoms with Gasteiger partial charge in [-0.15, -0.1) is 0 Å². The molecule has 0 rings (SSSR count). The number of hydrogen-bond acceptors (Lipinski definition) is 6. The van der Waals surface area contributed by atoms with Crippen LogP contribution in [0.15, 0.2) is 158 Å². The normalized spacial score (nSPS) is 13.3. The van der Waals surface area contributed by atoms with Crippen molar-refractivity contribution in [3.05, 3.63) is 158 Å². The van der Waals surface area contributed by atoms with Gasteiger partial charge >= 0.3 is 17.9 Å². The number of allylic oxidation sites excluding steroid dienone is 26. The highest BCUT2D eigenvalue weighted by molar-refractivity contribution is 5.71. The van der Waals surface area contributed by atoms with Gasteiger partial charge in [-0.3, -0.25) is 14.4 Å². The molecule has 0 aromatic rings. The zero-order valence-electron chi connectivity index (χ0n) is 45.2. The molecule has 0 heterocycles. The number of ether oxygens (including phenoxy) is 3. The molecule has 0 saturated carbocycles. The molecule has 0 aliphatic carbocycles. The number of hydrogen-bond donors (Lipinski definition) is 0. The van der Waals surface area contributed by atoms with Crippen LogP contribution in [0.2, 0.25) is 0 Å². The van der Waals surface area contributed by atoms with Gasteiger partial charge in [0.15, 0.2) is 6.10 Å². The Balaban J connectivity index is 4.39. The van der Waals surface area contributed by atoms with Crippen LogP contribution < -0.4 is 0 Å². The maximum absolute atomic E-state index is 12.8. The predicted molar refractivity (Wildman–Crippen MR) is 306 cm³/mol. The van der Waals surface area contributed by atoms with Crippen LogP contribution in [0.4, 0.5) is 0 Å². The Labute approximate surface area is 435 Å². The van der Waals surface area contributed by atoms with Gasteiger partial charge in [0.2, 0.25) is 0 Å². The van der Waals surface area contributed by atoms with Crippen molar-refractivity contribution in [2.24, 2.45) is 0 Å². The molecule has 0 amide bonds. The molecule has 0 bridgehead atoms. The molecular formula is C65H100O6. The lowest BCUT2D eigenvalue weighted by atomic mass is 10.1. The Bertz CT molecular complexity index is 1640. The fourth-order valence-corrected chi connectivity index (χ4v) is 6.89. The van der Waals surface area contributed by atoms with E-state index in [1.165, 1.54) is 25.7 Å². The molecule has 71 heavy (non-hydrogen) atoms. The first kappa shape index (κ1) is 66.0. The fourth-order valence-electron chi connectivity index (χ4n) is 6.89. The lowest BCUT2D eigenvalue weighted by Crippen LogP contribution is -2.30. The molecule has 0 aliphatic heterocycles. The van der Waals surface area contributed by atoms with E-state index in [9.17, 15) is 14.4 Å². The minimum atomic E-state index is -0.818. The number of esters is 3. The number of rotatable bonds is 48. The Morgan fingerprint density at radius 3 is 0.887 bits per heavy atom.